The first-order valence-electron chi connectivity index (χ1n) is 7.45. The maximum absolute atomic E-state index is 5.41. The standard InChI is InChI=1S/C12H24N2O.C2H6/c1-2-13-11-3-7-14(8-4-11)12-5-9-15-10-6-12;1-2/h11-13H,2-10H2,1H3;1-2H3. The van der Waals surface area contributed by atoms with Crippen molar-refractivity contribution < 1.29 is 4.74 Å². The second kappa shape index (κ2) is 8.90. The zero-order valence-electron chi connectivity index (χ0n) is 11.9. The van der Waals surface area contributed by atoms with Crippen LogP contribution in [0.3, 0.4) is 0 Å². The van der Waals surface area contributed by atoms with E-state index in [0.29, 0.717) is 0 Å². The largest absolute Gasteiger partial charge is 0.381 e. The third-order valence-corrected chi connectivity index (χ3v) is 3.73. The molecule has 2 heterocycles. The molecule has 0 radical (unpaired) electrons. The predicted molar refractivity (Wildman–Crippen MR) is 73.5 cm³/mol. The summed E-state index contributed by atoms with van der Waals surface area (Å²) in [6, 6.07) is 1.58. The summed E-state index contributed by atoms with van der Waals surface area (Å²) in [7, 11) is 0. The second-order valence-electron chi connectivity index (χ2n) is 4.71. The molecule has 0 saturated carbocycles. The van der Waals surface area contributed by atoms with E-state index in [1.54, 1.807) is 0 Å². The number of rotatable bonds is 3. The van der Waals surface area contributed by atoms with Gasteiger partial charge in [-0.1, -0.05) is 20.8 Å². The van der Waals surface area contributed by atoms with Crippen LogP contribution in [0, 0.1) is 0 Å². The molecular weight excluding hydrogens is 212 g/mol. The number of nitrogens with one attached hydrogen (secondary N) is 1. The van der Waals surface area contributed by atoms with E-state index < -0.39 is 0 Å². The highest BCUT2D eigenvalue weighted by atomic mass is 16.5. The molecular formula is C14H30N2O. The molecule has 2 fully saturated rings. The van der Waals surface area contributed by atoms with Crippen molar-refractivity contribution in [1.29, 1.82) is 0 Å². The Morgan fingerprint density at radius 2 is 1.65 bits per heavy atom. The average Bonchev–Trinajstić information content (AvgIpc) is 2.43. The van der Waals surface area contributed by atoms with Gasteiger partial charge in [0.05, 0.1) is 0 Å². The monoisotopic (exact) mass is 242 g/mol. The van der Waals surface area contributed by atoms with Crippen molar-refractivity contribution in [3.05, 3.63) is 0 Å². The molecule has 0 aromatic carbocycles. The Kier molecular flexibility index (Phi) is 7.82. The SMILES string of the molecule is CC.CCNC1CCN(C2CCOCC2)CC1. The fraction of sp³-hybridized carbons (Fsp3) is 1.00. The van der Waals surface area contributed by atoms with E-state index in [0.717, 1.165) is 31.8 Å². The van der Waals surface area contributed by atoms with Gasteiger partial charge >= 0.3 is 0 Å². The van der Waals surface area contributed by atoms with E-state index in [2.05, 4.69) is 17.1 Å². The van der Waals surface area contributed by atoms with Gasteiger partial charge in [-0.15, -0.1) is 0 Å². The molecule has 0 aromatic heterocycles. The van der Waals surface area contributed by atoms with Gasteiger partial charge in [0.25, 0.3) is 0 Å². The molecule has 2 rings (SSSR count). The summed E-state index contributed by atoms with van der Waals surface area (Å²) in [6.45, 7) is 11.8. The van der Waals surface area contributed by atoms with Gasteiger partial charge in [-0.3, -0.25) is 0 Å². The highest BCUT2D eigenvalue weighted by molar-refractivity contribution is 4.82. The van der Waals surface area contributed by atoms with Crippen LogP contribution < -0.4 is 5.32 Å². The summed E-state index contributed by atoms with van der Waals surface area (Å²) in [5.41, 5.74) is 0. The molecule has 2 saturated heterocycles. The first-order chi connectivity index (χ1) is 8.40. The quantitative estimate of drug-likeness (QED) is 0.821. The van der Waals surface area contributed by atoms with Crippen molar-refractivity contribution >= 4 is 0 Å². The molecule has 2 aliphatic rings. The molecule has 0 unspecified atom stereocenters. The normalized spacial score (nSPS) is 24.2. The number of hydrogen-bond donors (Lipinski definition) is 1. The van der Waals surface area contributed by atoms with Crippen molar-refractivity contribution in [3.8, 4) is 0 Å². The minimum atomic E-state index is 0.770. The minimum absolute atomic E-state index is 0.770. The Bertz CT molecular complexity index is 173. The Labute approximate surface area is 107 Å². The third-order valence-electron chi connectivity index (χ3n) is 3.73. The lowest BCUT2D eigenvalue weighted by atomic mass is 10.00. The van der Waals surface area contributed by atoms with Crippen molar-refractivity contribution in [1.82, 2.24) is 10.2 Å². The summed E-state index contributed by atoms with van der Waals surface area (Å²) in [6.07, 6.45) is 5.13. The Hall–Kier alpha value is -0.120. The summed E-state index contributed by atoms with van der Waals surface area (Å²) < 4.78 is 5.41. The van der Waals surface area contributed by atoms with Crippen LogP contribution in [0.4, 0.5) is 0 Å². The van der Waals surface area contributed by atoms with Gasteiger partial charge in [0.2, 0.25) is 0 Å². The van der Waals surface area contributed by atoms with E-state index >= 15 is 0 Å². The first kappa shape index (κ1) is 14.9. The molecule has 1 N–H and O–H groups in total. The van der Waals surface area contributed by atoms with Gasteiger partial charge in [-0.25, -0.2) is 0 Å². The number of likely N-dealkylation sites (tertiary alicyclic amines) is 1. The van der Waals surface area contributed by atoms with Crippen molar-refractivity contribution in [2.45, 2.75) is 58.5 Å². The molecule has 102 valence electrons. The van der Waals surface area contributed by atoms with Crippen LogP contribution in [0.5, 0.6) is 0 Å². The van der Waals surface area contributed by atoms with E-state index in [-0.39, 0.29) is 0 Å². The lowest BCUT2D eigenvalue weighted by Crippen LogP contribution is -2.48. The summed E-state index contributed by atoms with van der Waals surface area (Å²) >= 11 is 0. The Morgan fingerprint density at radius 3 is 2.18 bits per heavy atom. The number of piperidine rings is 1. The fourth-order valence-electron chi connectivity index (χ4n) is 2.81. The van der Waals surface area contributed by atoms with Crippen LogP contribution in [0.1, 0.15) is 46.5 Å². The van der Waals surface area contributed by atoms with Crippen LogP contribution in [0.2, 0.25) is 0 Å². The van der Waals surface area contributed by atoms with Gasteiger partial charge in [0.15, 0.2) is 0 Å². The third kappa shape index (κ3) is 4.94. The molecule has 0 amide bonds. The lowest BCUT2D eigenvalue weighted by molar-refractivity contribution is 0.0240. The van der Waals surface area contributed by atoms with E-state index in [9.17, 15) is 0 Å². The van der Waals surface area contributed by atoms with Crippen LogP contribution in [0.15, 0.2) is 0 Å². The number of hydrogen-bond acceptors (Lipinski definition) is 3. The lowest BCUT2D eigenvalue weighted by Gasteiger charge is -2.39. The second-order valence-corrected chi connectivity index (χ2v) is 4.71. The molecule has 0 atom stereocenters. The van der Waals surface area contributed by atoms with Crippen molar-refractivity contribution in [2.24, 2.45) is 0 Å². The topological polar surface area (TPSA) is 24.5 Å². The highest BCUT2D eigenvalue weighted by Crippen LogP contribution is 2.19. The first-order valence-corrected chi connectivity index (χ1v) is 7.45. The van der Waals surface area contributed by atoms with Crippen LogP contribution in [-0.4, -0.2) is 49.8 Å². The Balaban J connectivity index is 0.000000686. The molecule has 0 aliphatic carbocycles. The molecule has 0 bridgehead atoms. The number of nitrogens with zero attached hydrogens (tertiary/aromatic N) is 1. The molecule has 2 aliphatic heterocycles. The van der Waals surface area contributed by atoms with Crippen LogP contribution >= 0.6 is 0 Å². The predicted octanol–water partition coefficient (Wildman–Crippen LogP) is 2.27. The summed E-state index contributed by atoms with van der Waals surface area (Å²) in [5, 5.41) is 3.56. The zero-order valence-corrected chi connectivity index (χ0v) is 11.9. The van der Waals surface area contributed by atoms with Gasteiger partial charge in [0.1, 0.15) is 0 Å². The van der Waals surface area contributed by atoms with E-state index in [1.807, 2.05) is 13.8 Å². The van der Waals surface area contributed by atoms with Crippen LogP contribution in [0.25, 0.3) is 0 Å². The summed E-state index contributed by atoms with van der Waals surface area (Å²) in [4.78, 5) is 2.68. The fourth-order valence-corrected chi connectivity index (χ4v) is 2.81. The Morgan fingerprint density at radius 1 is 1.06 bits per heavy atom. The molecule has 3 heteroatoms. The van der Waals surface area contributed by atoms with Gasteiger partial charge in [0, 0.05) is 25.3 Å². The maximum atomic E-state index is 5.41. The van der Waals surface area contributed by atoms with Crippen molar-refractivity contribution in [3.63, 3.8) is 0 Å². The maximum Gasteiger partial charge on any atom is 0.0480 e. The summed E-state index contributed by atoms with van der Waals surface area (Å²) in [5.74, 6) is 0. The van der Waals surface area contributed by atoms with E-state index in [1.165, 1.54) is 38.8 Å². The van der Waals surface area contributed by atoms with Crippen molar-refractivity contribution in [2.75, 3.05) is 32.8 Å². The minimum Gasteiger partial charge on any atom is -0.381 e. The average molecular weight is 242 g/mol. The molecule has 0 aromatic rings. The van der Waals surface area contributed by atoms with Gasteiger partial charge in [-0.2, -0.15) is 0 Å². The zero-order chi connectivity index (χ0) is 12.5. The van der Waals surface area contributed by atoms with Gasteiger partial charge < -0.3 is 15.0 Å². The number of ether oxygens (including phenoxy) is 1. The highest BCUT2D eigenvalue weighted by Gasteiger charge is 2.25. The smallest absolute Gasteiger partial charge is 0.0480 e. The molecule has 17 heavy (non-hydrogen) atoms. The molecule has 0 spiro atoms. The molecule has 3 nitrogen and oxygen atoms in total. The van der Waals surface area contributed by atoms with Gasteiger partial charge in [-0.05, 0) is 45.3 Å². The van der Waals surface area contributed by atoms with Crippen LogP contribution in [-0.2, 0) is 4.74 Å². The van der Waals surface area contributed by atoms with E-state index in [4.69, 9.17) is 4.74 Å².